The molecular weight excluding hydrogens is 350 g/mol. The Hall–Kier alpha value is -2.38. The van der Waals surface area contributed by atoms with Gasteiger partial charge in [-0.1, -0.05) is 18.2 Å². The molecule has 6 nitrogen and oxygen atoms in total. The second kappa shape index (κ2) is 6.74. The second-order valence-electron chi connectivity index (χ2n) is 6.59. The molecule has 2 heterocycles. The quantitative estimate of drug-likeness (QED) is 0.897. The molecule has 0 radical (unpaired) electrons. The lowest BCUT2D eigenvalue weighted by molar-refractivity contribution is -0.116. The van der Waals surface area contributed by atoms with E-state index in [1.165, 1.54) is 0 Å². The number of piperazine rings is 1. The normalized spacial score (nSPS) is 18.3. The number of nitrogens with zero attached hydrogens (tertiary/aromatic N) is 2. The van der Waals surface area contributed by atoms with Gasteiger partial charge in [-0.3, -0.25) is 4.79 Å². The van der Waals surface area contributed by atoms with Gasteiger partial charge in [0.15, 0.2) is 0 Å². The predicted octanol–water partition coefficient (Wildman–Crippen LogP) is 2.08. The summed E-state index contributed by atoms with van der Waals surface area (Å²) in [7, 11) is -3.43. The third-order valence-electron chi connectivity index (χ3n) is 4.97. The summed E-state index contributed by atoms with van der Waals surface area (Å²) >= 11 is 0. The van der Waals surface area contributed by atoms with Gasteiger partial charge in [-0.25, -0.2) is 8.42 Å². The summed E-state index contributed by atoms with van der Waals surface area (Å²) in [4.78, 5) is 14.0. The summed E-state index contributed by atoms with van der Waals surface area (Å²) < 4.78 is 27.0. The molecule has 1 amide bonds. The third-order valence-corrected chi connectivity index (χ3v) is 6.88. The molecule has 0 atom stereocenters. The average molecular weight is 371 g/mol. The number of anilines is 2. The molecule has 2 aliphatic rings. The van der Waals surface area contributed by atoms with Gasteiger partial charge in [0.2, 0.25) is 15.9 Å². The Morgan fingerprint density at radius 3 is 2.35 bits per heavy atom. The van der Waals surface area contributed by atoms with Crippen molar-refractivity contribution in [2.24, 2.45) is 0 Å². The molecule has 1 N–H and O–H groups in total. The Labute approximate surface area is 153 Å². The van der Waals surface area contributed by atoms with Gasteiger partial charge in [0, 0.05) is 44.0 Å². The minimum Gasteiger partial charge on any atom is -0.369 e. The van der Waals surface area contributed by atoms with Crippen LogP contribution in [0.3, 0.4) is 0 Å². The zero-order valence-corrected chi connectivity index (χ0v) is 15.2. The zero-order valence-electron chi connectivity index (χ0n) is 14.4. The van der Waals surface area contributed by atoms with Crippen molar-refractivity contribution in [3.05, 3.63) is 54.1 Å². The fourth-order valence-electron chi connectivity index (χ4n) is 3.49. The van der Waals surface area contributed by atoms with Crippen LogP contribution in [0.4, 0.5) is 11.4 Å². The van der Waals surface area contributed by atoms with Gasteiger partial charge >= 0.3 is 0 Å². The molecule has 136 valence electrons. The van der Waals surface area contributed by atoms with Crippen LogP contribution in [0.1, 0.15) is 12.0 Å². The van der Waals surface area contributed by atoms with Crippen LogP contribution in [-0.2, 0) is 21.2 Å². The van der Waals surface area contributed by atoms with Crippen molar-refractivity contribution in [1.29, 1.82) is 0 Å². The van der Waals surface area contributed by atoms with Crippen molar-refractivity contribution in [2.75, 3.05) is 36.4 Å². The molecule has 0 aliphatic carbocycles. The Balaban J connectivity index is 1.46. The van der Waals surface area contributed by atoms with Crippen LogP contribution in [0.25, 0.3) is 0 Å². The van der Waals surface area contributed by atoms with Crippen LogP contribution < -0.4 is 10.2 Å². The van der Waals surface area contributed by atoms with E-state index in [0.29, 0.717) is 37.5 Å². The SMILES string of the molecule is O=C1CCc2cc(N3CCN(S(=O)(=O)c4ccccc4)CC3)ccc2N1. The number of fused-ring (bicyclic) bond motifs is 1. The monoisotopic (exact) mass is 371 g/mol. The lowest BCUT2D eigenvalue weighted by Gasteiger charge is -2.36. The topological polar surface area (TPSA) is 69.7 Å². The molecule has 4 rings (SSSR count). The van der Waals surface area contributed by atoms with Gasteiger partial charge in [-0.05, 0) is 42.3 Å². The first kappa shape index (κ1) is 17.1. The van der Waals surface area contributed by atoms with Gasteiger partial charge in [-0.2, -0.15) is 4.31 Å². The van der Waals surface area contributed by atoms with Crippen LogP contribution in [0, 0.1) is 0 Å². The first-order valence-electron chi connectivity index (χ1n) is 8.77. The van der Waals surface area contributed by atoms with Crippen molar-refractivity contribution in [3.63, 3.8) is 0 Å². The van der Waals surface area contributed by atoms with E-state index in [2.05, 4.69) is 16.3 Å². The zero-order chi connectivity index (χ0) is 18.1. The molecule has 7 heteroatoms. The number of amides is 1. The molecule has 0 aromatic heterocycles. The second-order valence-corrected chi connectivity index (χ2v) is 8.53. The molecule has 1 saturated heterocycles. The van der Waals surface area contributed by atoms with E-state index in [-0.39, 0.29) is 5.91 Å². The number of aryl methyl sites for hydroxylation is 1. The maximum Gasteiger partial charge on any atom is 0.243 e. The number of benzene rings is 2. The summed E-state index contributed by atoms with van der Waals surface area (Å²) in [5.74, 6) is 0.0602. The summed E-state index contributed by atoms with van der Waals surface area (Å²) in [5.41, 5.74) is 3.10. The van der Waals surface area contributed by atoms with Crippen molar-refractivity contribution in [3.8, 4) is 0 Å². The molecule has 0 spiro atoms. The van der Waals surface area contributed by atoms with Gasteiger partial charge in [-0.15, -0.1) is 0 Å². The van der Waals surface area contributed by atoms with Crippen molar-refractivity contribution in [2.45, 2.75) is 17.7 Å². The number of nitrogens with one attached hydrogen (secondary N) is 1. The Kier molecular flexibility index (Phi) is 4.42. The van der Waals surface area contributed by atoms with E-state index >= 15 is 0 Å². The van der Waals surface area contributed by atoms with Crippen LogP contribution in [0.5, 0.6) is 0 Å². The molecule has 0 unspecified atom stereocenters. The van der Waals surface area contributed by atoms with E-state index in [9.17, 15) is 13.2 Å². The summed E-state index contributed by atoms with van der Waals surface area (Å²) in [6.07, 6.45) is 1.26. The number of carbonyl (C=O) groups is 1. The summed E-state index contributed by atoms with van der Waals surface area (Å²) in [6.45, 7) is 2.23. The summed E-state index contributed by atoms with van der Waals surface area (Å²) in [5, 5.41) is 2.89. The largest absolute Gasteiger partial charge is 0.369 e. The highest BCUT2D eigenvalue weighted by atomic mass is 32.2. The fraction of sp³-hybridized carbons (Fsp3) is 0.316. The predicted molar refractivity (Wildman–Crippen MR) is 101 cm³/mol. The lowest BCUT2D eigenvalue weighted by atomic mass is 10.0. The van der Waals surface area contributed by atoms with Gasteiger partial charge in [0.05, 0.1) is 4.90 Å². The minimum absolute atomic E-state index is 0.0602. The molecule has 0 bridgehead atoms. The highest BCUT2D eigenvalue weighted by Gasteiger charge is 2.28. The van der Waals surface area contributed by atoms with E-state index in [1.54, 1.807) is 28.6 Å². The molecule has 0 saturated carbocycles. The number of hydrogen-bond donors (Lipinski definition) is 1. The van der Waals surface area contributed by atoms with Crippen molar-refractivity contribution >= 4 is 27.3 Å². The lowest BCUT2D eigenvalue weighted by Crippen LogP contribution is -2.48. The summed E-state index contributed by atoms with van der Waals surface area (Å²) in [6, 6.07) is 14.6. The number of carbonyl (C=O) groups excluding carboxylic acids is 1. The fourth-order valence-corrected chi connectivity index (χ4v) is 4.94. The van der Waals surface area contributed by atoms with Crippen LogP contribution >= 0.6 is 0 Å². The maximum atomic E-state index is 12.7. The molecule has 2 aliphatic heterocycles. The standard InChI is InChI=1S/C19H21N3O3S/c23-19-9-6-15-14-16(7-8-18(15)20-19)21-10-12-22(13-11-21)26(24,25)17-4-2-1-3-5-17/h1-5,7-8,14H,6,9-13H2,(H,20,23). The van der Waals surface area contributed by atoms with E-state index in [1.807, 2.05) is 18.2 Å². The van der Waals surface area contributed by atoms with E-state index in [4.69, 9.17) is 0 Å². The average Bonchev–Trinajstić information content (AvgIpc) is 2.68. The van der Waals surface area contributed by atoms with E-state index < -0.39 is 10.0 Å². The molecule has 26 heavy (non-hydrogen) atoms. The van der Waals surface area contributed by atoms with Gasteiger partial charge in [0.1, 0.15) is 0 Å². The molecule has 2 aromatic rings. The van der Waals surface area contributed by atoms with E-state index in [0.717, 1.165) is 23.4 Å². The van der Waals surface area contributed by atoms with Crippen molar-refractivity contribution < 1.29 is 13.2 Å². The van der Waals surface area contributed by atoms with Crippen molar-refractivity contribution in [1.82, 2.24) is 4.31 Å². The first-order chi connectivity index (χ1) is 12.5. The maximum absolute atomic E-state index is 12.7. The molecular formula is C19H21N3O3S. The van der Waals surface area contributed by atoms with Crippen LogP contribution in [0.2, 0.25) is 0 Å². The number of sulfonamides is 1. The first-order valence-corrected chi connectivity index (χ1v) is 10.2. The van der Waals surface area contributed by atoms with Crippen LogP contribution in [0.15, 0.2) is 53.4 Å². The Morgan fingerprint density at radius 2 is 1.62 bits per heavy atom. The smallest absolute Gasteiger partial charge is 0.243 e. The highest BCUT2D eigenvalue weighted by Crippen LogP contribution is 2.28. The Morgan fingerprint density at radius 1 is 0.885 bits per heavy atom. The van der Waals surface area contributed by atoms with Gasteiger partial charge < -0.3 is 10.2 Å². The third kappa shape index (κ3) is 3.20. The Bertz CT molecular complexity index is 920. The van der Waals surface area contributed by atoms with Crippen LogP contribution in [-0.4, -0.2) is 44.8 Å². The highest BCUT2D eigenvalue weighted by molar-refractivity contribution is 7.89. The molecule has 2 aromatic carbocycles. The number of rotatable bonds is 3. The minimum atomic E-state index is -3.43. The van der Waals surface area contributed by atoms with Gasteiger partial charge in [0.25, 0.3) is 0 Å². The number of hydrogen-bond acceptors (Lipinski definition) is 4. The molecule has 1 fully saturated rings.